The molecule has 0 radical (unpaired) electrons. The Kier molecular flexibility index (Phi) is 5.91. The van der Waals surface area contributed by atoms with Crippen molar-refractivity contribution in [3.63, 3.8) is 0 Å². The molecule has 0 saturated heterocycles. The van der Waals surface area contributed by atoms with Crippen LogP contribution in [0, 0.1) is 6.92 Å². The van der Waals surface area contributed by atoms with Crippen molar-refractivity contribution in [3.05, 3.63) is 65.5 Å². The van der Waals surface area contributed by atoms with Gasteiger partial charge < -0.3 is 10.1 Å². The van der Waals surface area contributed by atoms with E-state index >= 15 is 0 Å². The number of anilines is 1. The van der Waals surface area contributed by atoms with Crippen molar-refractivity contribution in [2.75, 3.05) is 18.2 Å². The summed E-state index contributed by atoms with van der Waals surface area (Å²) < 4.78 is 5.15. The fourth-order valence-electron chi connectivity index (χ4n) is 2.32. The Hall–Kier alpha value is -2.80. The largest absolute Gasteiger partial charge is 0.497 e. The van der Waals surface area contributed by atoms with Crippen molar-refractivity contribution < 1.29 is 9.53 Å². The third-order valence-electron chi connectivity index (χ3n) is 3.71. The van der Waals surface area contributed by atoms with E-state index < -0.39 is 0 Å². The van der Waals surface area contributed by atoms with Gasteiger partial charge in [0.2, 0.25) is 11.1 Å². The van der Waals surface area contributed by atoms with Crippen LogP contribution in [-0.4, -0.2) is 34.0 Å². The molecule has 7 heteroatoms. The molecule has 6 nitrogen and oxygen atoms in total. The predicted octanol–water partition coefficient (Wildman–Crippen LogP) is 3.44. The van der Waals surface area contributed by atoms with Gasteiger partial charge in [-0.05, 0) is 36.8 Å². The van der Waals surface area contributed by atoms with Gasteiger partial charge in [-0.1, -0.05) is 41.6 Å². The number of carbonyl (C=O) groups is 1. The molecule has 1 amide bonds. The Morgan fingerprint density at radius 1 is 1.15 bits per heavy atom. The number of nitrogens with zero attached hydrogens (tertiary/aromatic N) is 2. The molecule has 2 N–H and O–H groups in total. The van der Waals surface area contributed by atoms with E-state index in [1.54, 1.807) is 7.11 Å². The number of aromatic amines is 1. The molecule has 26 heavy (non-hydrogen) atoms. The second-order valence-corrected chi connectivity index (χ2v) is 6.73. The van der Waals surface area contributed by atoms with E-state index in [0.717, 1.165) is 28.4 Å². The second-order valence-electron chi connectivity index (χ2n) is 5.79. The van der Waals surface area contributed by atoms with Crippen LogP contribution in [-0.2, 0) is 11.2 Å². The first-order chi connectivity index (χ1) is 12.6. The van der Waals surface area contributed by atoms with Gasteiger partial charge in [-0.25, -0.2) is 4.98 Å². The summed E-state index contributed by atoms with van der Waals surface area (Å²) in [5, 5.41) is 10.5. The molecule has 1 heterocycles. The fourth-order valence-corrected chi connectivity index (χ4v) is 2.94. The minimum absolute atomic E-state index is 0.0830. The number of benzene rings is 2. The standard InChI is InChI=1S/C19H20N4O2S/c1-13-3-7-15(8-4-13)20-18(24)12-26-19-21-17(22-23-19)11-14-5-9-16(25-2)10-6-14/h3-10H,11-12H2,1-2H3,(H,20,24)(H,21,22,23). The highest BCUT2D eigenvalue weighted by Gasteiger charge is 2.09. The van der Waals surface area contributed by atoms with Gasteiger partial charge in [0, 0.05) is 12.1 Å². The summed E-state index contributed by atoms with van der Waals surface area (Å²) in [6, 6.07) is 15.5. The van der Waals surface area contributed by atoms with Crippen LogP contribution in [0.4, 0.5) is 5.69 Å². The van der Waals surface area contributed by atoms with Crippen molar-refractivity contribution in [1.29, 1.82) is 0 Å². The molecule has 3 rings (SSSR count). The number of hydrogen-bond acceptors (Lipinski definition) is 5. The van der Waals surface area contributed by atoms with Crippen LogP contribution < -0.4 is 10.1 Å². The molecule has 0 aliphatic rings. The fraction of sp³-hybridized carbons (Fsp3) is 0.211. The summed E-state index contributed by atoms with van der Waals surface area (Å²) in [4.78, 5) is 16.4. The normalized spacial score (nSPS) is 10.5. The van der Waals surface area contributed by atoms with Gasteiger partial charge in [0.15, 0.2) is 0 Å². The van der Waals surface area contributed by atoms with E-state index in [0.29, 0.717) is 11.6 Å². The van der Waals surface area contributed by atoms with Gasteiger partial charge in [-0.3, -0.25) is 9.89 Å². The summed E-state index contributed by atoms with van der Waals surface area (Å²) in [6.45, 7) is 2.01. The zero-order valence-corrected chi connectivity index (χ0v) is 15.5. The number of aryl methyl sites for hydroxylation is 1. The lowest BCUT2D eigenvalue weighted by atomic mass is 10.1. The van der Waals surface area contributed by atoms with Crippen molar-refractivity contribution >= 4 is 23.4 Å². The van der Waals surface area contributed by atoms with Crippen molar-refractivity contribution in [3.8, 4) is 5.75 Å². The summed E-state index contributed by atoms with van der Waals surface area (Å²) in [6.07, 6.45) is 0.646. The highest BCUT2D eigenvalue weighted by Crippen LogP contribution is 2.17. The van der Waals surface area contributed by atoms with Crippen LogP contribution in [0.5, 0.6) is 5.75 Å². The number of ether oxygens (including phenoxy) is 1. The number of rotatable bonds is 7. The molecule has 0 aliphatic carbocycles. The molecule has 0 bridgehead atoms. The first-order valence-corrected chi connectivity index (χ1v) is 9.14. The maximum atomic E-state index is 12.0. The molecule has 0 unspecified atom stereocenters. The number of H-pyrrole nitrogens is 1. The van der Waals surface area contributed by atoms with Crippen LogP contribution in [0.1, 0.15) is 17.0 Å². The first-order valence-electron chi connectivity index (χ1n) is 8.16. The quantitative estimate of drug-likeness (QED) is 0.625. The highest BCUT2D eigenvalue weighted by atomic mass is 32.2. The SMILES string of the molecule is COc1ccc(Cc2nc(SCC(=O)Nc3ccc(C)cc3)n[nH]2)cc1. The Morgan fingerprint density at radius 2 is 1.88 bits per heavy atom. The topological polar surface area (TPSA) is 79.9 Å². The molecule has 0 atom stereocenters. The van der Waals surface area contributed by atoms with Gasteiger partial charge >= 0.3 is 0 Å². The van der Waals surface area contributed by atoms with Gasteiger partial charge in [0.1, 0.15) is 11.6 Å². The summed E-state index contributed by atoms with van der Waals surface area (Å²) in [5.41, 5.74) is 3.05. The summed E-state index contributed by atoms with van der Waals surface area (Å²) in [7, 11) is 1.64. The van der Waals surface area contributed by atoms with Crippen molar-refractivity contribution in [2.45, 2.75) is 18.5 Å². The number of nitrogens with one attached hydrogen (secondary N) is 2. The van der Waals surface area contributed by atoms with E-state index in [1.165, 1.54) is 11.8 Å². The Labute approximate surface area is 156 Å². The number of aromatic nitrogens is 3. The highest BCUT2D eigenvalue weighted by molar-refractivity contribution is 7.99. The van der Waals surface area contributed by atoms with Gasteiger partial charge in [-0.15, -0.1) is 5.10 Å². The van der Waals surface area contributed by atoms with Crippen LogP contribution in [0.25, 0.3) is 0 Å². The molecule has 0 aliphatic heterocycles. The van der Waals surface area contributed by atoms with E-state index in [4.69, 9.17) is 4.74 Å². The van der Waals surface area contributed by atoms with Crippen molar-refractivity contribution in [2.24, 2.45) is 0 Å². The molecule has 3 aromatic rings. The van der Waals surface area contributed by atoms with E-state index in [1.807, 2.05) is 55.5 Å². The average molecular weight is 368 g/mol. The lowest BCUT2D eigenvalue weighted by Gasteiger charge is -2.04. The first kappa shape index (κ1) is 18.0. The zero-order valence-electron chi connectivity index (χ0n) is 14.7. The van der Waals surface area contributed by atoms with Crippen LogP contribution in [0.3, 0.4) is 0 Å². The molecular formula is C19H20N4O2S. The lowest BCUT2D eigenvalue weighted by molar-refractivity contribution is -0.113. The molecule has 1 aromatic heterocycles. The third kappa shape index (κ3) is 5.10. The molecule has 134 valence electrons. The van der Waals surface area contributed by atoms with Gasteiger partial charge in [0.05, 0.1) is 12.9 Å². The molecule has 2 aromatic carbocycles. The van der Waals surface area contributed by atoms with Crippen LogP contribution in [0.15, 0.2) is 53.7 Å². The van der Waals surface area contributed by atoms with E-state index in [-0.39, 0.29) is 11.7 Å². The average Bonchev–Trinajstić information content (AvgIpc) is 3.10. The maximum absolute atomic E-state index is 12.0. The minimum Gasteiger partial charge on any atom is -0.497 e. The van der Waals surface area contributed by atoms with Crippen LogP contribution in [0.2, 0.25) is 0 Å². The number of hydrogen-bond donors (Lipinski definition) is 2. The number of thioether (sulfide) groups is 1. The van der Waals surface area contributed by atoms with Gasteiger partial charge in [0.25, 0.3) is 0 Å². The third-order valence-corrected chi connectivity index (χ3v) is 4.56. The molecular weight excluding hydrogens is 348 g/mol. The minimum atomic E-state index is -0.0830. The second kappa shape index (κ2) is 8.53. The zero-order chi connectivity index (χ0) is 18.4. The van der Waals surface area contributed by atoms with Crippen molar-refractivity contribution in [1.82, 2.24) is 15.2 Å². The number of carbonyl (C=O) groups excluding carboxylic acids is 1. The Morgan fingerprint density at radius 3 is 2.58 bits per heavy atom. The molecule has 0 saturated carbocycles. The monoisotopic (exact) mass is 368 g/mol. The number of amides is 1. The molecule has 0 spiro atoms. The smallest absolute Gasteiger partial charge is 0.234 e. The Balaban J connectivity index is 1.49. The lowest BCUT2D eigenvalue weighted by Crippen LogP contribution is -2.14. The van der Waals surface area contributed by atoms with E-state index in [2.05, 4.69) is 20.5 Å². The predicted molar refractivity (Wildman–Crippen MR) is 103 cm³/mol. The number of methoxy groups -OCH3 is 1. The van der Waals surface area contributed by atoms with Gasteiger partial charge in [-0.2, -0.15) is 0 Å². The summed E-state index contributed by atoms with van der Waals surface area (Å²) in [5.74, 6) is 1.76. The van der Waals surface area contributed by atoms with E-state index in [9.17, 15) is 4.79 Å². The Bertz CT molecular complexity index is 860. The molecule has 0 fully saturated rings. The summed E-state index contributed by atoms with van der Waals surface area (Å²) >= 11 is 1.30. The maximum Gasteiger partial charge on any atom is 0.234 e. The van der Waals surface area contributed by atoms with Crippen LogP contribution >= 0.6 is 11.8 Å².